The van der Waals surface area contributed by atoms with E-state index in [9.17, 15) is 19.7 Å². The molecule has 1 amide bonds. The Bertz CT molecular complexity index is 868. The average molecular weight is 372 g/mol. The molecule has 3 heterocycles. The molecule has 2 aliphatic heterocycles. The summed E-state index contributed by atoms with van der Waals surface area (Å²) in [5.41, 5.74) is 0.627. The molecule has 10 nitrogen and oxygen atoms in total. The molecule has 11 heteroatoms. The van der Waals surface area contributed by atoms with Crippen LogP contribution in [0.1, 0.15) is 15.9 Å². The Hall–Kier alpha value is -3.08. The fraction of sp³-hybridized carbons (Fsp3) is 0.375. The van der Waals surface area contributed by atoms with Gasteiger partial charge in [-0.05, 0) is 24.4 Å². The number of likely N-dealkylation sites (tertiary alicyclic amines) is 1. The monoisotopic (exact) mass is 372 g/mol. The van der Waals surface area contributed by atoms with Crippen molar-refractivity contribution in [1.29, 1.82) is 0 Å². The first-order chi connectivity index (χ1) is 13.0. The number of aromatic nitrogens is 3. The zero-order chi connectivity index (χ0) is 19.0. The van der Waals surface area contributed by atoms with Gasteiger partial charge in [0.2, 0.25) is 5.91 Å². The Morgan fingerprint density at radius 3 is 2.89 bits per heavy atom. The first-order valence-electron chi connectivity index (χ1n) is 8.53. The molecular weight excluding hydrogens is 355 g/mol. The van der Waals surface area contributed by atoms with Crippen LogP contribution in [-0.4, -0.2) is 68.2 Å². The molecule has 1 saturated heterocycles. The summed E-state index contributed by atoms with van der Waals surface area (Å²) in [5, 5.41) is 26.7. The van der Waals surface area contributed by atoms with Gasteiger partial charge in [-0.3, -0.25) is 4.79 Å². The lowest BCUT2D eigenvalue weighted by Crippen LogP contribution is -2.57. The van der Waals surface area contributed by atoms with Crippen molar-refractivity contribution in [3.63, 3.8) is 0 Å². The lowest BCUT2D eigenvalue weighted by molar-refractivity contribution is -0.140. The third kappa shape index (κ3) is 3.45. The van der Waals surface area contributed by atoms with Crippen LogP contribution >= 0.6 is 0 Å². The fourth-order valence-electron chi connectivity index (χ4n) is 3.17. The van der Waals surface area contributed by atoms with Crippen LogP contribution in [0.15, 0.2) is 24.5 Å². The number of ether oxygens (including phenoxy) is 1. The van der Waals surface area contributed by atoms with Crippen LogP contribution < -0.4 is 9.39 Å². The van der Waals surface area contributed by atoms with E-state index in [4.69, 9.17) is 9.39 Å². The average Bonchev–Trinajstić information content (AvgIpc) is 3.09. The van der Waals surface area contributed by atoms with E-state index in [1.165, 1.54) is 10.9 Å². The van der Waals surface area contributed by atoms with E-state index in [-0.39, 0.29) is 35.6 Å². The Morgan fingerprint density at radius 1 is 1.37 bits per heavy atom. The number of fused-ring (bicyclic) bond motifs is 1. The minimum absolute atomic E-state index is 0.0949. The number of carboxylic acids is 1. The molecule has 2 aliphatic rings. The van der Waals surface area contributed by atoms with Crippen LogP contribution in [0.2, 0.25) is 6.32 Å². The predicted octanol–water partition coefficient (Wildman–Crippen LogP) is -0.319. The number of nitrogens with zero attached hydrogens (tertiary/aromatic N) is 4. The van der Waals surface area contributed by atoms with Gasteiger partial charge in [0.15, 0.2) is 0 Å². The Labute approximate surface area is 154 Å². The highest BCUT2D eigenvalue weighted by Gasteiger charge is 2.35. The molecule has 0 spiro atoms. The molecule has 1 fully saturated rings. The van der Waals surface area contributed by atoms with Crippen molar-refractivity contribution >= 4 is 19.0 Å². The van der Waals surface area contributed by atoms with E-state index in [2.05, 4.69) is 10.3 Å². The standard InChI is InChI=1S/C16H17BN4O6/c22-13(9-21-6-5-18-19-21)20-7-11(8-20)26-12-2-1-10-3-4-17(25)27-15(10)14(12)16(23)24/h1-2,5-6,11,25H,3-4,7-9H2,(H,23,24). The highest BCUT2D eigenvalue weighted by molar-refractivity contribution is 6.44. The van der Waals surface area contributed by atoms with Gasteiger partial charge in [0.05, 0.1) is 19.3 Å². The number of carbonyl (C=O) groups is 2. The maximum absolute atomic E-state index is 12.1. The number of carbonyl (C=O) groups excluding carboxylic acids is 1. The molecule has 140 valence electrons. The number of amides is 1. The molecule has 2 N–H and O–H groups in total. The molecule has 27 heavy (non-hydrogen) atoms. The molecule has 0 unspecified atom stereocenters. The number of benzene rings is 1. The van der Waals surface area contributed by atoms with Gasteiger partial charge in [0, 0.05) is 6.20 Å². The Balaban J connectivity index is 1.43. The van der Waals surface area contributed by atoms with E-state index < -0.39 is 13.1 Å². The van der Waals surface area contributed by atoms with Crippen molar-refractivity contribution in [3.05, 3.63) is 35.7 Å². The molecule has 1 aromatic heterocycles. The summed E-state index contributed by atoms with van der Waals surface area (Å²) in [7, 11) is -1.03. The van der Waals surface area contributed by atoms with Crippen LogP contribution in [0, 0.1) is 0 Å². The second-order valence-electron chi connectivity index (χ2n) is 6.48. The van der Waals surface area contributed by atoms with Crippen molar-refractivity contribution in [1.82, 2.24) is 19.9 Å². The van der Waals surface area contributed by atoms with Crippen molar-refractivity contribution in [2.45, 2.75) is 25.4 Å². The molecule has 1 aromatic carbocycles. The zero-order valence-corrected chi connectivity index (χ0v) is 14.3. The number of aromatic carboxylic acids is 1. The van der Waals surface area contributed by atoms with Gasteiger partial charge in [-0.1, -0.05) is 11.3 Å². The maximum atomic E-state index is 12.1. The minimum atomic E-state index is -1.19. The molecule has 0 atom stereocenters. The van der Waals surface area contributed by atoms with Gasteiger partial charge < -0.3 is 24.4 Å². The normalized spacial score (nSPS) is 16.3. The number of rotatable bonds is 5. The minimum Gasteiger partial charge on any atom is -0.535 e. The quantitative estimate of drug-likeness (QED) is 0.684. The van der Waals surface area contributed by atoms with Gasteiger partial charge in [0.1, 0.15) is 29.7 Å². The summed E-state index contributed by atoms with van der Waals surface area (Å²) in [5.74, 6) is -0.981. The third-order valence-electron chi connectivity index (χ3n) is 4.59. The highest BCUT2D eigenvalue weighted by atomic mass is 16.5. The molecule has 0 bridgehead atoms. The molecule has 2 aromatic rings. The molecule has 0 radical (unpaired) electrons. The summed E-state index contributed by atoms with van der Waals surface area (Å²) in [6.07, 6.45) is 3.74. The first kappa shape index (κ1) is 17.3. The van der Waals surface area contributed by atoms with E-state index in [1.54, 1.807) is 23.2 Å². The first-order valence-corrected chi connectivity index (χ1v) is 8.53. The third-order valence-corrected chi connectivity index (χ3v) is 4.59. The van der Waals surface area contributed by atoms with E-state index in [0.29, 0.717) is 25.8 Å². The van der Waals surface area contributed by atoms with Crippen LogP contribution in [0.4, 0.5) is 0 Å². The molecule has 0 aliphatic carbocycles. The molecule has 0 saturated carbocycles. The number of hydrogen-bond acceptors (Lipinski definition) is 7. The van der Waals surface area contributed by atoms with Gasteiger partial charge in [-0.15, -0.1) is 5.10 Å². The van der Waals surface area contributed by atoms with Crippen LogP contribution in [0.5, 0.6) is 11.5 Å². The van der Waals surface area contributed by atoms with E-state index in [0.717, 1.165) is 5.56 Å². The van der Waals surface area contributed by atoms with Crippen LogP contribution in [-0.2, 0) is 17.8 Å². The van der Waals surface area contributed by atoms with Crippen LogP contribution in [0.25, 0.3) is 0 Å². The topological polar surface area (TPSA) is 127 Å². The maximum Gasteiger partial charge on any atom is 0.522 e. The summed E-state index contributed by atoms with van der Waals surface area (Å²) >= 11 is 0. The van der Waals surface area contributed by atoms with Crippen molar-refractivity contribution in [3.8, 4) is 11.5 Å². The van der Waals surface area contributed by atoms with Gasteiger partial charge in [0.25, 0.3) is 0 Å². The SMILES string of the molecule is O=C(O)c1c(OC2CN(C(=O)Cn3ccnn3)C2)ccc2c1OB(O)CC2. The predicted molar refractivity (Wildman–Crippen MR) is 91.5 cm³/mol. The Kier molecular flexibility index (Phi) is 4.44. The highest BCUT2D eigenvalue weighted by Crippen LogP contribution is 2.37. The van der Waals surface area contributed by atoms with Crippen molar-refractivity contribution < 1.29 is 29.1 Å². The van der Waals surface area contributed by atoms with E-state index >= 15 is 0 Å². The van der Waals surface area contributed by atoms with Crippen molar-refractivity contribution in [2.24, 2.45) is 0 Å². The number of carboxylic acid groups (broad SMARTS) is 1. The van der Waals surface area contributed by atoms with Crippen molar-refractivity contribution in [2.75, 3.05) is 13.1 Å². The molecular formula is C16H17BN4O6. The van der Waals surface area contributed by atoms with Gasteiger partial charge >= 0.3 is 13.1 Å². The number of aryl methyl sites for hydroxylation is 1. The summed E-state index contributed by atoms with van der Waals surface area (Å²) in [6, 6.07) is 3.35. The summed E-state index contributed by atoms with van der Waals surface area (Å²) in [6.45, 7) is 0.804. The zero-order valence-electron chi connectivity index (χ0n) is 14.3. The largest absolute Gasteiger partial charge is 0.535 e. The fourth-order valence-corrected chi connectivity index (χ4v) is 3.17. The summed E-state index contributed by atoms with van der Waals surface area (Å²) < 4.78 is 12.6. The summed E-state index contributed by atoms with van der Waals surface area (Å²) in [4.78, 5) is 25.5. The number of hydrogen-bond donors (Lipinski definition) is 2. The lowest BCUT2D eigenvalue weighted by Gasteiger charge is -2.39. The lowest BCUT2D eigenvalue weighted by atomic mass is 9.78. The van der Waals surface area contributed by atoms with E-state index in [1.807, 2.05) is 0 Å². The Morgan fingerprint density at radius 2 is 2.19 bits per heavy atom. The second-order valence-corrected chi connectivity index (χ2v) is 6.48. The second kappa shape index (κ2) is 6.91. The van der Waals surface area contributed by atoms with Gasteiger partial charge in [-0.2, -0.15) is 0 Å². The molecule has 4 rings (SSSR count). The van der Waals surface area contributed by atoms with Gasteiger partial charge in [-0.25, -0.2) is 9.48 Å². The smallest absolute Gasteiger partial charge is 0.522 e. The van der Waals surface area contributed by atoms with Crippen LogP contribution in [0.3, 0.4) is 0 Å².